The van der Waals surface area contributed by atoms with Gasteiger partial charge in [-0.25, -0.2) is 9.59 Å². The molecule has 1 aliphatic rings. The Kier molecular flexibility index (Phi) is 12.3. The standard InChI is InChI=1S/C33H49NO10/c1-10-13-24(35)23-18-19-41-33(40,32(23,26(36)14-11-2)27(37)15-12-3)42-25-17-16-21(34-29(39)44-31(7,8)9)20-22(25)28(38)43-30(4,5)6/h16-17,20,23,40H,10-15,18-19H2,1-9H3,(H,34,39). The predicted octanol–water partition coefficient (Wildman–Crippen LogP) is 6.14. The molecule has 0 radical (unpaired) electrons. The fourth-order valence-corrected chi connectivity index (χ4v) is 5.30. The number of anilines is 1. The predicted molar refractivity (Wildman–Crippen MR) is 163 cm³/mol. The van der Waals surface area contributed by atoms with Gasteiger partial charge in [0.1, 0.15) is 28.3 Å². The highest BCUT2D eigenvalue weighted by Crippen LogP contribution is 2.51. The van der Waals surface area contributed by atoms with Gasteiger partial charge >= 0.3 is 18.0 Å². The highest BCUT2D eigenvalue weighted by molar-refractivity contribution is 6.12. The molecule has 1 aromatic carbocycles. The van der Waals surface area contributed by atoms with E-state index in [2.05, 4.69) is 5.32 Å². The van der Waals surface area contributed by atoms with E-state index in [1.54, 1.807) is 55.4 Å². The van der Waals surface area contributed by atoms with Crippen molar-refractivity contribution in [1.29, 1.82) is 0 Å². The van der Waals surface area contributed by atoms with Gasteiger partial charge in [0.15, 0.2) is 17.0 Å². The van der Waals surface area contributed by atoms with E-state index in [9.17, 15) is 29.1 Å². The van der Waals surface area contributed by atoms with Crippen LogP contribution in [-0.2, 0) is 28.6 Å². The summed E-state index contributed by atoms with van der Waals surface area (Å²) in [6, 6.07) is 3.94. The van der Waals surface area contributed by atoms with E-state index in [0.717, 1.165) is 0 Å². The number of esters is 1. The molecule has 246 valence electrons. The molecule has 1 fully saturated rings. The topological polar surface area (TPSA) is 155 Å². The van der Waals surface area contributed by atoms with Crippen LogP contribution in [0.25, 0.3) is 0 Å². The van der Waals surface area contributed by atoms with Gasteiger partial charge in [-0.3, -0.25) is 19.7 Å². The van der Waals surface area contributed by atoms with Crippen LogP contribution < -0.4 is 10.1 Å². The van der Waals surface area contributed by atoms with Gasteiger partial charge in [-0.15, -0.1) is 0 Å². The molecule has 1 saturated heterocycles. The average Bonchev–Trinajstić information content (AvgIpc) is 2.87. The van der Waals surface area contributed by atoms with Gasteiger partial charge in [0.2, 0.25) is 0 Å². The van der Waals surface area contributed by atoms with E-state index in [0.29, 0.717) is 19.3 Å². The second-order valence-corrected chi connectivity index (χ2v) is 13.1. The van der Waals surface area contributed by atoms with E-state index >= 15 is 0 Å². The van der Waals surface area contributed by atoms with Crippen LogP contribution in [0.1, 0.15) is 118 Å². The molecule has 0 bridgehead atoms. The first-order valence-electron chi connectivity index (χ1n) is 15.4. The van der Waals surface area contributed by atoms with Crippen LogP contribution in [0.5, 0.6) is 5.75 Å². The second kappa shape index (κ2) is 14.6. The van der Waals surface area contributed by atoms with E-state index in [1.807, 2.05) is 6.92 Å². The Labute approximate surface area is 260 Å². The lowest BCUT2D eigenvalue weighted by molar-refractivity contribution is -0.381. The summed E-state index contributed by atoms with van der Waals surface area (Å²) in [5, 5.41) is 14.8. The first-order valence-corrected chi connectivity index (χ1v) is 15.4. The molecule has 1 aromatic rings. The van der Waals surface area contributed by atoms with Gasteiger partial charge in [-0.2, -0.15) is 0 Å². The van der Waals surface area contributed by atoms with E-state index in [1.165, 1.54) is 18.2 Å². The summed E-state index contributed by atoms with van der Waals surface area (Å²) in [6.45, 7) is 15.2. The lowest BCUT2D eigenvalue weighted by Crippen LogP contribution is -2.69. The minimum absolute atomic E-state index is 0.0348. The van der Waals surface area contributed by atoms with Crippen LogP contribution in [0.4, 0.5) is 10.5 Å². The molecule has 0 aliphatic carbocycles. The van der Waals surface area contributed by atoms with Crippen molar-refractivity contribution in [3.63, 3.8) is 0 Å². The highest BCUT2D eigenvalue weighted by Gasteiger charge is 2.70. The van der Waals surface area contributed by atoms with E-state index in [-0.39, 0.29) is 55.1 Å². The van der Waals surface area contributed by atoms with Crippen molar-refractivity contribution in [2.75, 3.05) is 11.9 Å². The van der Waals surface area contributed by atoms with Gasteiger partial charge in [0.25, 0.3) is 0 Å². The minimum Gasteiger partial charge on any atom is -0.456 e. The van der Waals surface area contributed by atoms with Gasteiger partial charge in [0.05, 0.1) is 6.61 Å². The van der Waals surface area contributed by atoms with Gasteiger partial charge in [-0.05, 0) is 85.4 Å². The summed E-state index contributed by atoms with van der Waals surface area (Å²) in [4.78, 5) is 67.4. The molecule has 11 heteroatoms. The summed E-state index contributed by atoms with van der Waals surface area (Å²) < 4.78 is 22.7. The van der Waals surface area contributed by atoms with Crippen LogP contribution in [0.2, 0.25) is 0 Å². The monoisotopic (exact) mass is 619 g/mol. The number of hydrogen-bond donors (Lipinski definition) is 2. The van der Waals surface area contributed by atoms with Gasteiger partial charge < -0.3 is 24.1 Å². The Balaban J connectivity index is 2.78. The fraction of sp³-hybridized carbons (Fsp3) is 0.667. The first-order chi connectivity index (χ1) is 20.3. The number of amides is 1. The molecule has 2 rings (SSSR count). The smallest absolute Gasteiger partial charge is 0.412 e. The zero-order valence-electron chi connectivity index (χ0n) is 27.6. The Hall–Kier alpha value is -3.31. The number of benzene rings is 1. The zero-order chi connectivity index (χ0) is 33.5. The van der Waals surface area contributed by atoms with Crippen molar-refractivity contribution in [3.8, 4) is 5.75 Å². The Morgan fingerprint density at radius 3 is 1.93 bits per heavy atom. The molecule has 2 atom stereocenters. The van der Waals surface area contributed by atoms with Crippen molar-refractivity contribution in [3.05, 3.63) is 23.8 Å². The fourth-order valence-electron chi connectivity index (χ4n) is 5.30. The zero-order valence-corrected chi connectivity index (χ0v) is 27.6. The van der Waals surface area contributed by atoms with Crippen LogP contribution in [0, 0.1) is 11.3 Å². The quantitative estimate of drug-likeness (QED) is 0.149. The van der Waals surface area contributed by atoms with Gasteiger partial charge in [0, 0.05) is 30.9 Å². The second-order valence-electron chi connectivity index (χ2n) is 13.1. The van der Waals surface area contributed by atoms with Crippen LogP contribution in [-0.4, -0.2) is 58.3 Å². The summed E-state index contributed by atoms with van der Waals surface area (Å²) in [5.74, 6) is -6.96. The maximum absolute atomic E-state index is 14.0. The average molecular weight is 620 g/mol. The maximum atomic E-state index is 14.0. The summed E-state index contributed by atoms with van der Waals surface area (Å²) in [5.41, 5.74) is -4.17. The number of ether oxygens (including phenoxy) is 4. The summed E-state index contributed by atoms with van der Waals surface area (Å²) >= 11 is 0. The van der Waals surface area contributed by atoms with Crippen molar-refractivity contribution in [1.82, 2.24) is 0 Å². The van der Waals surface area contributed by atoms with Crippen LogP contribution in [0.3, 0.4) is 0 Å². The molecule has 44 heavy (non-hydrogen) atoms. The normalized spacial score (nSPS) is 19.9. The Morgan fingerprint density at radius 1 is 0.886 bits per heavy atom. The SMILES string of the molecule is CCCC(=O)C1CCOC(O)(Oc2ccc(NC(=O)OC(C)(C)C)cc2C(=O)OC(C)(C)C)C1(C(=O)CCC)C(=O)CCC. The Morgan fingerprint density at radius 2 is 1.43 bits per heavy atom. The molecule has 2 N–H and O–H groups in total. The lowest BCUT2D eigenvalue weighted by Gasteiger charge is -2.50. The molecule has 1 heterocycles. The summed E-state index contributed by atoms with van der Waals surface area (Å²) in [7, 11) is 0. The molecule has 1 aliphatic heterocycles. The molecular weight excluding hydrogens is 570 g/mol. The van der Waals surface area contributed by atoms with E-state index < -0.39 is 52.1 Å². The molecule has 11 nitrogen and oxygen atoms in total. The third-order valence-corrected chi connectivity index (χ3v) is 6.94. The molecule has 0 aromatic heterocycles. The molecule has 0 saturated carbocycles. The third-order valence-electron chi connectivity index (χ3n) is 6.94. The number of hydrogen-bond acceptors (Lipinski definition) is 10. The van der Waals surface area contributed by atoms with Gasteiger partial charge in [-0.1, -0.05) is 20.8 Å². The van der Waals surface area contributed by atoms with Crippen LogP contribution in [0.15, 0.2) is 18.2 Å². The number of Topliss-reactive ketones (excluding diaryl/α,β-unsaturated/α-hetero) is 3. The number of carbonyl (C=O) groups excluding carboxylic acids is 5. The molecule has 2 unspecified atom stereocenters. The summed E-state index contributed by atoms with van der Waals surface area (Å²) in [6.07, 6.45) is 0.295. The lowest BCUT2D eigenvalue weighted by atomic mass is 9.61. The van der Waals surface area contributed by atoms with E-state index in [4.69, 9.17) is 18.9 Å². The molecule has 0 spiro atoms. The first kappa shape index (κ1) is 36.9. The largest absolute Gasteiger partial charge is 0.456 e. The molecule has 1 amide bonds. The van der Waals surface area contributed by atoms with Crippen molar-refractivity contribution in [2.24, 2.45) is 11.3 Å². The van der Waals surface area contributed by atoms with Crippen molar-refractivity contribution in [2.45, 2.75) is 124 Å². The molecular formula is C33H49NO10. The van der Waals surface area contributed by atoms with Crippen LogP contribution >= 0.6 is 0 Å². The van der Waals surface area contributed by atoms with Crippen molar-refractivity contribution < 1.29 is 48.0 Å². The number of rotatable bonds is 13. The number of ketones is 3. The number of nitrogens with one attached hydrogen (secondary N) is 1. The third kappa shape index (κ3) is 8.65. The van der Waals surface area contributed by atoms with Crippen molar-refractivity contribution >= 4 is 35.1 Å². The highest BCUT2D eigenvalue weighted by atomic mass is 16.8. The number of carbonyl (C=O) groups is 5. The maximum Gasteiger partial charge on any atom is 0.412 e. The Bertz CT molecular complexity index is 1210. The minimum atomic E-state index is -2.92. The number of aliphatic hydroxyl groups is 1.